The van der Waals surface area contributed by atoms with Crippen LogP contribution in [0.4, 0.5) is 11.4 Å². The predicted molar refractivity (Wildman–Crippen MR) is 121 cm³/mol. The fraction of sp³-hybridized carbons (Fsp3) is 0.200. The van der Waals surface area contributed by atoms with Crippen LogP contribution in [-0.4, -0.2) is 28.3 Å². The van der Waals surface area contributed by atoms with Crippen molar-refractivity contribution in [2.45, 2.75) is 19.1 Å². The van der Waals surface area contributed by atoms with Gasteiger partial charge in [-0.1, -0.05) is 36.4 Å². The van der Waals surface area contributed by atoms with Crippen molar-refractivity contribution in [2.75, 3.05) is 15.7 Å². The number of anilines is 2. The lowest BCUT2D eigenvalue weighted by Crippen LogP contribution is -2.22. The van der Waals surface area contributed by atoms with Gasteiger partial charge in [0.25, 0.3) is 0 Å². The van der Waals surface area contributed by atoms with Gasteiger partial charge in [0, 0.05) is 5.69 Å². The van der Waals surface area contributed by atoms with Crippen molar-refractivity contribution in [3.8, 4) is 21.6 Å². The minimum absolute atomic E-state index is 0.498. The molecule has 0 unspecified atom stereocenters. The number of hydrogen-bond acceptors (Lipinski definition) is 5. The summed E-state index contributed by atoms with van der Waals surface area (Å²) < 4.78 is 52.4. The second kappa shape index (κ2) is 8.17. The Bertz CT molecular complexity index is 1210. The third-order valence-corrected chi connectivity index (χ3v) is 7.50. The van der Waals surface area contributed by atoms with E-state index in [1.54, 1.807) is 38.1 Å². The molecule has 2 N–H and O–H groups in total. The van der Waals surface area contributed by atoms with E-state index in [4.69, 9.17) is 0 Å². The van der Waals surface area contributed by atoms with Crippen molar-refractivity contribution in [3.63, 3.8) is 0 Å². The summed E-state index contributed by atoms with van der Waals surface area (Å²) in [6, 6.07) is 16.6. The maximum atomic E-state index is 12.2. The van der Waals surface area contributed by atoms with E-state index in [0.717, 1.165) is 27.8 Å². The van der Waals surface area contributed by atoms with E-state index in [1.807, 2.05) is 35.7 Å². The lowest BCUT2D eigenvalue weighted by molar-refractivity contribution is 0.592. The molecule has 3 aromatic rings. The second-order valence-corrected chi connectivity index (χ2v) is 11.8. The first-order valence-electron chi connectivity index (χ1n) is 8.83. The van der Waals surface area contributed by atoms with E-state index >= 15 is 0 Å². The molecule has 0 aliphatic carbocycles. The van der Waals surface area contributed by atoms with Gasteiger partial charge < -0.3 is 0 Å². The van der Waals surface area contributed by atoms with Crippen LogP contribution in [0.15, 0.2) is 60.0 Å². The highest BCUT2D eigenvalue weighted by Gasteiger charge is 2.18. The average Bonchev–Trinajstić information content (AvgIpc) is 3.08. The SMILES string of the molecule is CC(C)S(=O)(=O)Nc1ccsc1-c1ccc(-c2cccc(NS(C)(=O)=O)c2)cc1. The Labute approximate surface area is 175 Å². The highest BCUT2D eigenvalue weighted by Crippen LogP contribution is 2.36. The van der Waals surface area contributed by atoms with Crippen LogP contribution in [-0.2, 0) is 20.0 Å². The van der Waals surface area contributed by atoms with Crippen molar-refractivity contribution < 1.29 is 16.8 Å². The molecule has 0 atom stereocenters. The van der Waals surface area contributed by atoms with Gasteiger partial charge >= 0.3 is 0 Å². The highest BCUT2D eigenvalue weighted by molar-refractivity contribution is 7.93. The molecule has 1 aromatic heterocycles. The van der Waals surface area contributed by atoms with E-state index in [2.05, 4.69) is 9.44 Å². The maximum Gasteiger partial charge on any atom is 0.235 e. The van der Waals surface area contributed by atoms with Crippen molar-refractivity contribution in [1.82, 2.24) is 0 Å². The van der Waals surface area contributed by atoms with E-state index < -0.39 is 25.3 Å². The van der Waals surface area contributed by atoms with Gasteiger partial charge in [-0.15, -0.1) is 11.3 Å². The monoisotopic (exact) mass is 450 g/mol. The maximum absolute atomic E-state index is 12.2. The zero-order valence-electron chi connectivity index (χ0n) is 16.2. The standard InChI is InChI=1S/C20H22N2O4S3/c1-14(2)29(25,26)22-19-11-12-27-20(19)16-9-7-15(8-10-16)17-5-4-6-18(13-17)21-28(3,23)24/h4-14,21-22H,1-3H3. The summed E-state index contributed by atoms with van der Waals surface area (Å²) in [6.07, 6.45) is 1.11. The number of thiophene rings is 1. The molecular formula is C20H22N2O4S3. The lowest BCUT2D eigenvalue weighted by Gasteiger charge is -2.12. The molecule has 1 heterocycles. The first kappa shape index (κ1) is 21.4. The van der Waals surface area contributed by atoms with Gasteiger partial charge in [-0.3, -0.25) is 9.44 Å². The normalized spacial score (nSPS) is 12.1. The van der Waals surface area contributed by atoms with Crippen LogP contribution in [0.5, 0.6) is 0 Å². The first-order chi connectivity index (χ1) is 13.5. The molecule has 2 aromatic carbocycles. The Morgan fingerprint density at radius 1 is 0.828 bits per heavy atom. The van der Waals surface area contributed by atoms with Gasteiger partial charge in [0.15, 0.2) is 0 Å². The van der Waals surface area contributed by atoms with E-state index in [9.17, 15) is 16.8 Å². The topological polar surface area (TPSA) is 92.3 Å². The second-order valence-electron chi connectivity index (χ2n) is 6.89. The molecule has 3 rings (SSSR count). The molecule has 0 amide bonds. The van der Waals surface area contributed by atoms with Crippen LogP contribution < -0.4 is 9.44 Å². The van der Waals surface area contributed by atoms with Gasteiger partial charge in [-0.05, 0) is 54.1 Å². The Balaban J connectivity index is 1.87. The van der Waals surface area contributed by atoms with Crippen molar-refractivity contribution >= 4 is 42.8 Å². The summed E-state index contributed by atoms with van der Waals surface area (Å²) in [5.74, 6) is 0. The van der Waals surface area contributed by atoms with Crippen LogP contribution in [0, 0.1) is 0 Å². The van der Waals surface area contributed by atoms with E-state index in [-0.39, 0.29) is 0 Å². The highest BCUT2D eigenvalue weighted by atomic mass is 32.2. The van der Waals surface area contributed by atoms with Crippen molar-refractivity contribution in [3.05, 3.63) is 60.0 Å². The molecular weight excluding hydrogens is 428 g/mol. The van der Waals surface area contributed by atoms with Crippen molar-refractivity contribution in [2.24, 2.45) is 0 Å². The van der Waals surface area contributed by atoms with Gasteiger partial charge in [0.1, 0.15) is 0 Å². The van der Waals surface area contributed by atoms with Crippen LogP contribution in [0.3, 0.4) is 0 Å². The molecule has 0 saturated heterocycles. The summed E-state index contributed by atoms with van der Waals surface area (Å²) in [4.78, 5) is 0.841. The molecule has 154 valence electrons. The van der Waals surface area contributed by atoms with Crippen LogP contribution in [0.1, 0.15) is 13.8 Å². The Kier molecular flexibility index (Phi) is 6.02. The molecule has 0 fully saturated rings. The van der Waals surface area contributed by atoms with Crippen LogP contribution in [0.25, 0.3) is 21.6 Å². The van der Waals surface area contributed by atoms with Gasteiger partial charge in [-0.25, -0.2) is 16.8 Å². The predicted octanol–water partition coefficient (Wildman–Crippen LogP) is 4.60. The fourth-order valence-electron chi connectivity index (χ4n) is 2.67. The largest absolute Gasteiger partial charge is 0.284 e. The minimum Gasteiger partial charge on any atom is -0.284 e. The summed E-state index contributed by atoms with van der Waals surface area (Å²) >= 11 is 1.46. The number of rotatable bonds is 7. The number of benzene rings is 2. The third kappa shape index (κ3) is 5.37. The molecule has 6 nitrogen and oxygen atoms in total. The molecule has 9 heteroatoms. The molecule has 0 aliphatic heterocycles. The molecule has 0 radical (unpaired) electrons. The third-order valence-electron chi connectivity index (χ3n) is 4.18. The van der Waals surface area contributed by atoms with E-state index in [1.165, 1.54) is 11.3 Å². The van der Waals surface area contributed by atoms with E-state index in [0.29, 0.717) is 11.4 Å². The lowest BCUT2D eigenvalue weighted by atomic mass is 10.0. The molecule has 0 aliphatic rings. The Hall–Kier alpha value is -2.36. The Morgan fingerprint density at radius 3 is 2.10 bits per heavy atom. The number of sulfonamides is 2. The van der Waals surface area contributed by atoms with Gasteiger partial charge in [0.2, 0.25) is 20.0 Å². The van der Waals surface area contributed by atoms with Crippen molar-refractivity contribution in [1.29, 1.82) is 0 Å². The summed E-state index contributed by atoms with van der Waals surface area (Å²) in [5.41, 5.74) is 3.76. The average molecular weight is 451 g/mol. The van der Waals surface area contributed by atoms with Gasteiger partial charge in [-0.2, -0.15) is 0 Å². The summed E-state index contributed by atoms with van der Waals surface area (Å²) in [7, 11) is -6.77. The van der Waals surface area contributed by atoms with Crippen LogP contribution >= 0.6 is 11.3 Å². The molecule has 0 bridgehead atoms. The zero-order valence-corrected chi connectivity index (χ0v) is 18.7. The zero-order chi connectivity index (χ0) is 21.2. The first-order valence-corrected chi connectivity index (χ1v) is 13.1. The smallest absolute Gasteiger partial charge is 0.235 e. The molecule has 0 spiro atoms. The van der Waals surface area contributed by atoms with Crippen LogP contribution in [0.2, 0.25) is 0 Å². The quantitative estimate of drug-likeness (QED) is 0.550. The number of hydrogen-bond donors (Lipinski definition) is 2. The minimum atomic E-state index is -3.42. The summed E-state index contributed by atoms with van der Waals surface area (Å²) in [5, 5.41) is 1.33. The molecule has 29 heavy (non-hydrogen) atoms. The van der Waals surface area contributed by atoms with Gasteiger partial charge in [0.05, 0.1) is 22.1 Å². The fourth-order valence-corrected chi connectivity index (χ4v) is 4.87. The summed E-state index contributed by atoms with van der Waals surface area (Å²) in [6.45, 7) is 3.27. The molecule has 0 saturated carbocycles. The Morgan fingerprint density at radius 2 is 1.48 bits per heavy atom. The number of nitrogens with one attached hydrogen (secondary N) is 2.